The van der Waals surface area contributed by atoms with Crippen LogP contribution in [0.3, 0.4) is 0 Å². The molecule has 1 fully saturated rings. The minimum Gasteiger partial charge on any atom is -0.345 e. The molecule has 7 rings (SSSR count). The number of aromatic nitrogens is 2. The maximum Gasteiger partial charge on any atom is 0.255 e. The molecule has 0 aliphatic carbocycles. The number of carbonyl (C=O) groups is 4. The van der Waals surface area contributed by atoms with E-state index in [1.165, 1.54) is 11.1 Å². The molecule has 2 aliphatic rings. The summed E-state index contributed by atoms with van der Waals surface area (Å²) in [6.45, 7) is 1.91. The van der Waals surface area contributed by atoms with Gasteiger partial charge in [0, 0.05) is 47.4 Å². The van der Waals surface area contributed by atoms with Crippen molar-refractivity contribution in [2.45, 2.75) is 38.8 Å². The largest absolute Gasteiger partial charge is 0.345 e. The number of anilines is 1. The summed E-state index contributed by atoms with van der Waals surface area (Å²) in [5, 5.41) is 2.63. The van der Waals surface area contributed by atoms with Crippen LogP contribution in [-0.2, 0) is 26.2 Å². The van der Waals surface area contributed by atoms with Crippen molar-refractivity contribution < 1.29 is 36.4 Å². The summed E-state index contributed by atoms with van der Waals surface area (Å²) in [5.74, 6) is -4.75. The number of piperidine rings is 1. The van der Waals surface area contributed by atoms with Gasteiger partial charge in [-0.05, 0) is 48.2 Å². The Morgan fingerprint density at radius 2 is 1.78 bits per heavy atom. The number of rotatable bonds is 10. The van der Waals surface area contributed by atoms with E-state index in [9.17, 15) is 32.0 Å². The van der Waals surface area contributed by atoms with Crippen molar-refractivity contribution in [1.29, 1.82) is 0 Å². The topological polar surface area (TPSA) is 158 Å². The number of H-pyrrole nitrogens is 1. The molecule has 4 heterocycles. The average Bonchev–Trinajstić information content (AvgIpc) is 3.66. The van der Waals surface area contributed by atoms with Crippen LogP contribution in [0.2, 0.25) is 0 Å². The van der Waals surface area contributed by atoms with Crippen molar-refractivity contribution in [2.75, 3.05) is 10.5 Å². The Labute approximate surface area is 291 Å². The molecule has 3 aromatic carbocycles. The summed E-state index contributed by atoms with van der Waals surface area (Å²) < 4.78 is 56.9. The van der Waals surface area contributed by atoms with Gasteiger partial charge in [-0.25, -0.2) is 22.2 Å². The molecule has 0 saturated carbocycles. The number of amides is 3. The lowest BCUT2D eigenvalue weighted by Gasteiger charge is -2.29. The van der Waals surface area contributed by atoms with Gasteiger partial charge in [0.05, 0.1) is 17.0 Å². The number of fused-ring (bicyclic) bond motifs is 2. The SMILES string of the molecule is CCCS(=O)(=O)Nc1ccc(F)c(C(=O)c2c[nH]c3ncc(-c4ccc([B]c5ccc6c(c5)CN(C5CCC(=O)NC5=O)C6=O)cc4)cc23)c1F. The summed E-state index contributed by atoms with van der Waals surface area (Å²) in [6, 6.07) is 15.7. The van der Waals surface area contributed by atoms with Gasteiger partial charge in [0.15, 0.2) is 13.1 Å². The predicted molar refractivity (Wildman–Crippen MR) is 187 cm³/mol. The molecule has 2 aromatic heterocycles. The number of halogens is 2. The number of aromatic amines is 1. The second-order valence-electron chi connectivity index (χ2n) is 12.4. The molecule has 2 aliphatic heterocycles. The predicted octanol–water partition coefficient (Wildman–Crippen LogP) is 3.31. The lowest BCUT2D eigenvalue weighted by atomic mass is 9.63. The van der Waals surface area contributed by atoms with Gasteiger partial charge in [-0.3, -0.25) is 29.2 Å². The van der Waals surface area contributed by atoms with E-state index in [0.717, 1.165) is 34.2 Å². The first-order valence-electron chi connectivity index (χ1n) is 16.2. The molecule has 11 nitrogen and oxygen atoms in total. The third-order valence-electron chi connectivity index (χ3n) is 8.96. The van der Waals surface area contributed by atoms with Crippen molar-refractivity contribution in [2.24, 2.45) is 0 Å². The second-order valence-corrected chi connectivity index (χ2v) is 14.3. The summed E-state index contributed by atoms with van der Waals surface area (Å²) >= 11 is 0. The molecular weight excluding hydrogens is 679 g/mol. The number of hydrogen-bond donors (Lipinski definition) is 3. The lowest BCUT2D eigenvalue weighted by Crippen LogP contribution is -2.52. The highest BCUT2D eigenvalue weighted by molar-refractivity contribution is 7.92. The molecule has 1 saturated heterocycles. The first-order valence-corrected chi connectivity index (χ1v) is 17.8. The maximum absolute atomic E-state index is 15.4. The zero-order valence-corrected chi connectivity index (χ0v) is 27.9. The molecule has 1 radical (unpaired) electrons. The number of hydrogen-bond acceptors (Lipinski definition) is 7. The third-order valence-corrected chi connectivity index (χ3v) is 10.4. The van der Waals surface area contributed by atoms with E-state index >= 15 is 4.39 Å². The Bertz CT molecular complexity index is 2380. The number of carbonyl (C=O) groups excluding carboxylic acids is 4. The van der Waals surface area contributed by atoms with Crippen molar-refractivity contribution in [3.63, 3.8) is 0 Å². The van der Waals surface area contributed by atoms with E-state index in [1.807, 2.05) is 43.7 Å². The number of nitrogens with one attached hydrogen (secondary N) is 3. The molecule has 0 spiro atoms. The van der Waals surface area contributed by atoms with Gasteiger partial charge >= 0.3 is 0 Å². The Hall–Kier alpha value is -5.70. The number of nitrogens with zero attached hydrogens (tertiary/aromatic N) is 2. The zero-order valence-electron chi connectivity index (χ0n) is 27.1. The second kappa shape index (κ2) is 13.2. The third kappa shape index (κ3) is 6.52. The number of imide groups is 1. The van der Waals surface area contributed by atoms with E-state index < -0.39 is 50.6 Å². The smallest absolute Gasteiger partial charge is 0.255 e. The highest BCUT2D eigenvalue weighted by Gasteiger charge is 2.39. The fourth-order valence-electron chi connectivity index (χ4n) is 6.46. The fourth-order valence-corrected chi connectivity index (χ4v) is 7.59. The van der Waals surface area contributed by atoms with Gasteiger partial charge in [-0.2, -0.15) is 0 Å². The van der Waals surface area contributed by atoms with Crippen LogP contribution in [0.5, 0.6) is 0 Å². The Morgan fingerprint density at radius 1 is 1.02 bits per heavy atom. The molecule has 51 heavy (non-hydrogen) atoms. The van der Waals surface area contributed by atoms with Crippen LogP contribution in [0.25, 0.3) is 22.2 Å². The number of pyridine rings is 1. The van der Waals surface area contributed by atoms with Gasteiger partial charge in [-0.15, -0.1) is 0 Å². The first kappa shape index (κ1) is 33.8. The van der Waals surface area contributed by atoms with Crippen molar-refractivity contribution in [3.8, 4) is 11.1 Å². The number of sulfonamides is 1. The van der Waals surface area contributed by atoms with Crippen molar-refractivity contribution >= 4 is 68.5 Å². The monoisotopic (exact) mass is 708 g/mol. The van der Waals surface area contributed by atoms with Gasteiger partial charge in [0.25, 0.3) is 5.91 Å². The van der Waals surface area contributed by atoms with E-state index in [4.69, 9.17) is 0 Å². The summed E-state index contributed by atoms with van der Waals surface area (Å²) in [5.41, 5.74) is 3.27. The van der Waals surface area contributed by atoms with E-state index in [0.29, 0.717) is 22.2 Å². The Kier molecular flexibility index (Phi) is 8.75. The van der Waals surface area contributed by atoms with Crippen LogP contribution in [0.4, 0.5) is 14.5 Å². The normalized spacial score (nSPS) is 15.9. The van der Waals surface area contributed by atoms with Crippen molar-refractivity contribution in [1.82, 2.24) is 20.2 Å². The van der Waals surface area contributed by atoms with Crippen LogP contribution in [0.15, 0.2) is 73.1 Å². The van der Waals surface area contributed by atoms with Gasteiger partial charge in [0.1, 0.15) is 17.5 Å². The molecule has 3 amide bonds. The van der Waals surface area contributed by atoms with E-state index in [-0.39, 0.29) is 48.9 Å². The van der Waals surface area contributed by atoms with Gasteiger partial charge in [-0.1, -0.05) is 54.2 Å². The molecule has 1 atom stereocenters. The quantitative estimate of drug-likeness (QED) is 0.114. The van der Waals surface area contributed by atoms with E-state index in [1.54, 1.807) is 25.3 Å². The molecular formula is C36H29BF2N5O6S. The highest BCUT2D eigenvalue weighted by Crippen LogP contribution is 2.30. The zero-order chi connectivity index (χ0) is 36.0. The molecule has 3 N–H and O–H groups in total. The standard InChI is InChI=1S/C36H29BF2N5O6S/c1-2-13-51(49,50)43-28-10-9-27(38)31(32(28)39)33(46)26-17-41-34-25(26)15-20(16-40-34)19-3-5-22(6-4-19)37-23-7-8-24-21(14-23)18-44(36(24)48)29-11-12-30(45)42-35(29)47/h3-10,14-17,29,43H,2,11-13,18H2,1H3,(H,40,41)(H,42,45,47). The lowest BCUT2D eigenvalue weighted by molar-refractivity contribution is -0.136. The first-order chi connectivity index (χ1) is 24.4. The number of ketones is 1. The number of benzene rings is 3. The van der Waals surface area contributed by atoms with Crippen LogP contribution in [-0.4, -0.2) is 65.9 Å². The fraction of sp³-hybridized carbons (Fsp3) is 0.194. The minimum absolute atomic E-state index is 0.0399. The Balaban J connectivity index is 1.09. The van der Waals surface area contributed by atoms with Crippen LogP contribution < -0.4 is 21.0 Å². The van der Waals surface area contributed by atoms with Crippen molar-refractivity contribution in [3.05, 3.63) is 107 Å². The van der Waals surface area contributed by atoms with E-state index in [2.05, 4.69) is 20.0 Å². The minimum atomic E-state index is -3.90. The van der Waals surface area contributed by atoms with Crippen LogP contribution in [0, 0.1) is 11.6 Å². The summed E-state index contributed by atoms with van der Waals surface area (Å²) in [7, 11) is -1.96. The Morgan fingerprint density at radius 3 is 2.53 bits per heavy atom. The summed E-state index contributed by atoms with van der Waals surface area (Å²) in [6.07, 6.45) is 3.66. The maximum atomic E-state index is 15.4. The van der Waals surface area contributed by atoms with Crippen LogP contribution >= 0.6 is 0 Å². The molecule has 257 valence electrons. The van der Waals surface area contributed by atoms with Crippen LogP contribution in [0.1, 0.15) is 58.0 Å². The summed E-state index contributed by atoms with van der Waals surface area (Å²) in [4.78, 5) is 59.3. The van der Waals surface area contributed by atoms with Gasteiger partial charge < -0.3 is 9.88 Å². The van der Waals surface area contributed by atoms with Gasteiger partial charge in [0.2, 0.25) is 27.6 Å². The molecule has 0 bridgehead atoms. The molecule has 1 unspecified atom stereocenters. The average molecular weight is 709 g/mol. The highest BCUT2D eigenvalue weighted by atomic mass is 32.2. The molecule has 15 heteroatoms. The molecule has 5 aromatic rings.